The van der Waals surface area contributed by atoms with E-state index in [-0.39, 0.29) is 11.3 Å². The van der Waals surface area contributed by atoms with Crippen molar-refractivity contribution in [2.24, 2.45) is 5.73 Å². The number of β-lactam (4-membered cyclic amide) rings is 1. The van der Waals surface area contributed by atoms with Crippen molar-refractivity contribution in [2.45, 2.75) is 18.3 Å². The van der Waals surface area contributed by atoms with Gasteiger partial charge in [-0.3, -0.25) is 14.5 Å². The second-order valence-electron chi connectivity index (χ2n) is 4.19. The topological polar surface area (TPSA) is 89.2 Å². The minimum absolute atomic E-state index is 0.170. The minimum Gasteiger partial charge on any atom is -0.317 e. The van der Waals surface area contributed by atoms with Gasteiger partial charge < -0.3 is 5.73 Å². The number of thioether (sulfide) groups is 1. The summed E-state index contributed by atoms with van der Waals surface area (Å²) >= 11 is 6.81. The van der Waals surface area contributed by atoms with E-state index >= 15 is 0 Å². The molecule has 0 unspecified atom stereocenters. The Kier molecular flexibility index (Phi) is 3.16. The molecule has 1 amide bonds. The zero-order valence-corrected chi connectivity index (χ0v) is 12.4. The van der Waals surface area contributed by atoms with Gasteiger partial charge in [0.15, 0.2) is 0 Å². The maximum atomic E-state index is 11.8. The van der Waals surface area contributed by atoms with Crippen molar-refractivity contribution in [3.8, 4) is 0 Å². The smallest absolute Gasteiger partial charge is 0.248 e. The lowest BCUT2D eigenvalue weighted by molar-refractivity contribution is -0.142. The van der Waals surface area contributed by atoms with Gasteiger partial charge in [0.2, 0.25) is 11.0 Å². The molecule has 3 heterocycles. The molecule has 0 aromatic carbocycles. The average Bonchev–Trinajstić information content (AvgIpc) is 2.82. The SMILES string of the molecule is Cc1nnc(C2=C(C(=O)S)N3C(=O)[C@@H](N)[C@H]3SC2)s1. The summed E-state index contributed by atoms with van der Waals surface area (Å²) in [7, 11) is 0. The molecule has 0 aliphatic carbocycles. The molecule has 2 aliphatic rings. The second kappa shape index (κ2) is 4.58. The molecule has 0 bridgehead atoms. The molecule has 2 atom stereocenters. The summed E-state index contributed by atoms with van der Waals surface area (Å²) in [5.74, 6) is 0.339. The van der Waals surface area contributed by atoms with Crippen LogP contribution in [0.15, 0.2) is 5.70 Å². The number of hydrogen-bond donors (Lipinski definition) is 2. The van der Waals surface area contributed by atoms with E-state index in [2.05, 4.69) is 22.8 Å². The standard InChI is InChI=1S/C10H10N4O2S3/c1-3-12-13-7(19-3)4-2-18-9-5(11)8(15)14(9)6(4)10(16)17/h5,9H,2,11H2,1H3,(H,16,17)/t5-,9-/m1/s1. The molecule has 3 rings (SSSR count). The summed E-state index contributed by atoms with van der Waals surface area (Å²) in [4.78, 5) is 25.0. The fourth-order valence-corrected chi connectivity index (χ4v) is 4.46. The van der Waals surface area contributed by atoms with Crippen LogP contribution in [-0.4, -0.2) is 43.3 Å². The first kappa shape index (κ1) is 13.1. The van der Waals surface area contributed by atoms with E-state index in [1.807, 2.05) is 6.92 Å². The number of thiol groups is 1. The third kappa shape index (κ3) is 1.92. The van der Waals surface area contributed by atoms with Gasteiger partial charge in [-0.05, 0) is 6.92 Å². The Morgan fingerprint density at radius 3 is 2.84 bits per heavy atom. The van der Waals surface area contributed by atoms with E-state index in [1.165, 1.54) is 28.0 Å². The lowest BCUT2D eigenvalue weighted by Crippen LogP contribution is -2.68. The summed E-state index contributed by atoms with van der Waals surface area (Å²) < 4.78 is 0. The molecule has 9 heteroatoms. The van der Waals surface area contributed by atoms with Crippen molar-refractivity contribution in [1.29, 1.82) is 0 Å². The van der Waals surface area contributed by atoms with Crippen molar-refractivity contribution in [3.63, 3.8) is 0 Å². The first-order chi connectivity index (χ1) is 9.00. The Labute approximate surface area is 122 Å². The number of nitrogens with zero attached hydrogens (tertiary/aromatic N) is 3. The van der Waals surface area contributed by atoms with Crippen LogP contribution in [0.1, 0.15) is 10.0 Å². The molecule has 1 saturated heterocycles. The molecule has 0 spiro atoms. The van der Waals surface area contributed by atoms with Crippen molar-refractivity contribution in [3.05, 3.63) is 15.7 Å². The van der Waals surface area contributed by atoms with Crippen LogP contribution in [-0.2, 0) is 9.59 Å². The van der Waals surface area contributed by atoms with Crippen LogP contribution in [0.3, 0.4) is 0 Å². The van der Waals surface area contributed by atoms with Gasteiger partial charge >= 0.3 is 0 Å². The first-order valence-electron chi connectivity index (χ1n) is 5.48. The van der Waals surface area contributed by atoms with Gasteiger partial charge in [-0.25, -0.2) is 0 Å². The van der Waals surface area contributed by atoms with E-state index in [0.29, 0.717) is 22.0 Å². The molecule has 6 nitrogen and oxygen atoms in total. The highest BCUT2D eigenvalue weighted by atomic mass is 32.2. The third-order valence-corrected chi connectivity index (χ3v) is 5.41. The van der Waals surface area contributed by atoms with Gasteiger partial charge in [0, 0.05) is 11.3 Å². The summed E-state index contributed by atoms with van der Waals surface area (Å²) in [6.07, 6.45) is 0. The van der Waals surface area contributed by atoms with Gasteiger partial charge in [0.05, 0.1) is 0 Å². The zero-order valence-electron chi connectivity index (χ0n) is 9.86. The predicted molar refractivity (Wildman–Crippen MR) is 76.6 cm³/mol. The summed E-state index contributed by atoms with van der Waals surface area (Å²) in [5.41, 5.74) is 6.75. The monoisotopic (exact) mass is 314 g/mol. The van der Waals surface area contributed by atoms with Gasteiger partial charge in [-0.1, -0.05) is 24.0 Å². The van der Waals surface area contributed by atoms with Crippen LogP contribution >= 0.6 is 35.7 Å². The average molecular weight is 314 g/mol. The number of aromatic nitrogens is 2. The number of hydrogen-bond acceptors (Lipinski definition) is 7. The normalized spacial score (nSPS) is 26.3. The molecule has 1 fully saturated rings. The van der Waals surface area contributed by atoms with Gasteiger partial charge in [0.25, 0.3) is 0 Å². The van der Waals surface area contributed by atoms with Gasteiger partial charge in [0.1, 0.15) is 27.1 Å². The Balaban J connectivity index is 2.09. The predicted octanol–water partition coefficient (Wildman–Crippen LogP) is 0.256. The molecule has 2 aliphatic heterocycles. The molecule has 1 aromatic heterocycles. The zero-order chi connectivity index (χ0) is 13.7. The molecular formula is C10H10N4O2S3. The molecule has 100 valence electrons. The fourth-order valence-electron chi connectivity index (χ4n) is 2.10. The molecule has 1 aromatic rings. The number of aryl methyl sites for hydroxylation is 1. The van der Waals surface area contributed by atoms with Crippen molar-refractivity contribution in [2.75, 3.05) is 5.75 Å². The maximum Gasteiger partial charge on any atom is 0.248 e. The molecule has 0 radical (unpaired) electrons. The minimum atomic E-state index is -0.537. The highest BCUT2D eigenvalue weighted by molar-refractivity contribution is 8.00. The van der Waals surface area contributed by atoms with E-state index in [0.717, 1.165) is 5.01 Å². The number of rotatable bonds is 2. The summed E-state index contributed by atoms with van der Waals surface area (Å²) in [6.45, 7) is 1.84. The van der Waals surface area contributed by atoms with E-state index in [4.69, 9.17) is 5.73 Å². The van der Waals surface area contributed by atoms with E-state index < -0.39 is 11.2 Å². The first-order valence-corrected chi connectivity index (χ1v) is 7.79. The second-order valence-corrected chi connectivity index (χ2v) is 6.89. The number of carbonyl (C=O) groups is 2. The lowest BCUT2D eigenvalue weighted by Gasteiger charge is -2.48. The van der Waals surface area contributed by atoms with Gasteiger partial charge in [-0.2, -0.15) is 0 Å². The van der Waals surface area contributed by atoms with E-state index in [9.17, 15) is 9.59 Å². The Bertz CT molecular complexity index is 612. The summed E-state index contributed by atoms with van der Waals surface area (Å²) in [6, 6.07) is -0.537. The summed E-state index contributed by atoms with van der Waals surface area (Å²) in [5, 5.41) is 8.85. The Morgan fingerprint density at radius 1 is 1.53 bits per heavy atom. The van der Waals surface area contributed by atoms with Crippen LogP contribution in [0.25, 0.3) is 5.57 Å². The maximum absolute atomic E-state index is 11.8. The Morgan fingerprint density at radius 2 is 2.26 bits per heavy atom. The highest BCUT2D eigenvalue weighted by Crippen LogP contribution is 2.43. The largest absolute Gasteiger partial charge is 0.317 e. The lowest BCUT2D eigenvalue weighted by atomic mass is 10.0. The fraction of sp³-hybridized carbons (Fsp3) is 0.400. The van der Waals surface area contributed by atoms with Crippen LogP contribution in [0, 0.1) is 6.92 Å². The highest BCUT2D eigenvalue weighted by Gasteiger charge is 2.51. The van der Waals surface area contributed by atoms with E-state index in [1.54, 1.807) is 0 Å². The molecule has 2 N–H and O–H groups in total. The number of fused-ring (bicyclic) bond motifs is 1. The van der Waals surface area contributed by atoms with Crippen molar-refractivity contribution in [1.82, 2.24) is 15.1 Å². The van der Waals surface area contributed by atoms with Crippen LogP contribution in [0.5, 0.6) is 0 Å². The Hall–Kier alpha value is -0.900. The van der Waals surface area contributed by atoms with Crippen LogP contribution in [0.4, 0.5) is 0 Å². The van der Waals surface area contributed by atoms with Crippen LogP contribution < -0.4 is 5.73 Å². The number of amides is 1. The number of carbonyl (C=O) groups excluding carboxylic acids is 2. The van der Waals surface area contributed by atoms with Crippen LogP contribution in [0.2, 0.25) is 0 Å². The van der Waals surface area contributed by atoms with Crippen molar-refractivity contribution < 1.29 is 9.59 Å². The quantitative estimate of drug-likeness (QED) is 0.601. The molecule has 19 heavy (non-hydrogen) atoms. The van der Waals surface area contributed by atoms with Crippen molar-refractivity contribution >= 4 is 52.3 Å². The number of nitrogens with two attached hydrogens (primary N) is 1. The third-order valence-electron chi connectivity index (χ3n) is 3.00. The molecule has 0 saturated carbocycles. The van der Waals surface area contributed by atoms with Gasteiger partial charge in [-0.15, -0.1) is 22.0 Å². The molecular weight excluding hydrogens is 304 g/mol.